The van der Waals surface area contributed by atoms with Crippen LogP contribution in [0, 0.1) is 69.2 Å². The Labute approximate surface area is 847 Å². The molecule has 12 aromatic rings. The molecular weight excluding hydrogens is 1930 g/mol. The number of nitrogen functional groups attached to an aromatic ring is 4. The molecule has 0 radical (unpaired) electrons. The quantitative estimate of drug-likeness (QED) is 0.0173. The number of hydrogen-bond acceptors (Lipinski definition) is 29. The molecule has 12 aromatic heterocycles. The summed E-state index contributed by atoms with van der Waals surface area (Å²) in [6.07, 6.45) is 25.0. The third-order valence-corrected chi connectivity index (χ3v) is 27.2. The van der Waals surface area contributed by atoms with Crippen LogP contribution in [0.4, 0.5) is 47.1 Å². The van der Waals surface area contributed by atoms with E-state index in [0.29, 0.717) is 142 Å². The minimum Gasteiger partial charge on any atom is -0.496 e. The number of nitrogens with one attached hydrogen (secondary N) is 5. The van der Waals surface area contributed by atoms with Gasteiger partial charge in [0.15, 0.2) is 29.1 Å². The van der Waals surface area contributed by atoms with E-state index in [4.69, 9.17) is 105 Å². The van der Waals surface area contributed by atoms with E-state index in [1.165, 1.54) is 32.4 Å². The van der Waals surface area contributed by atoms with Crippen molar-refractivity contribution in [3.05, 3.63) is 233 Å². The summed E-state index contributed by atoms with van der Waals surface area (Å²) >= 11 is 32.3. The fourth-order valence-corrected chi connectivity index (χ4v) is 20.1. The number of amides is 5. The summed E-state index contributed by atoms with van der Waals surface area (Å²) in [5, 5.41) is 4.00. The van der Waals surface area contributed by atoms with Gasteiger partial charge >= 0.3 is 5.97 Å². The number of aromatic nitrogens is 16. The molecule has 19 rings (SSSR count). The van der Waals surface area contributed by atoms with Gasteiger partial charge in [0.2, 0.25) is 23.8 Å². The number of nitrogens with two attached hydrogens (primary N) is 4. The molecule has 0 spiro atoms. The first-order valence-electron chi connectivity index (χ1n) is 45.7. The number of anilines is 8. The van der Waals surface area contributed by atoms with Crippen molar-refractivity contribution in [2.75, 3.05) is 104 Å². The Morgan fingerprint density at radius 2 is 0.846 bits per heavy atom. The minimum atomic E-state index is -0.449. The van der Waals surface area contributed by atoms with Crippen molar-refractivity contribution < 1.29 is 57.2 Å². The number of aryl methyl sites for hydroxylation is 6. The number of methoxy groups -OCH3 is 4. The molecular formula is C100H103Cl5N26O12. The van der Waals surface area contributed by atoms with E-state index in [1.54, 1.807) is 116 Å². The number of pyridine rings is 4. The van der Waals surface area contributed by atoms with Gasteiger partial charge in [0, 0.05) is 152 Å². The second-order valence-electron chi connectivity index (χ2n) is 34.9. The van der Waals surface area contributed by atoms with Gasteiger partial charge < -0.3 is 76.8 Å². The average Bonchev–Trinajstić information content (AvgIpc) is 1.60. The monoisotopic (exact) mass is 2030 g/mol. The highest BCUT2D eigenvalue weighted by atomic mass is 35.5. The van der Waals surface area contributed by atoms with Crippen molar-refractivity contribution in [3.8, 4) is 23.0 Å². The van der Waals surface area contributed by atoms with Crippen LogP contribution in [0.2, 0.25) is 20.6 Å². The van der Waals surface area contributed by atoms with Gasteiger partial charge in [-0.1, -0.05) is 64.1 Å². The SMILES string of the molecule is CCOC(=O)c1c[nH]c(/C=C2\C(=O)N(Cc3ncc(C)c(OC)c3C)c3nc(N)nc(Cl)c32)c1C.COc1c(C)cnc(CN2C(=O)/C(=C\c3[nH]c4c(c3C)C(Cl)=CCC4)c3c(Cl)nc(N)nc32)c1C.COc1c(C)cnc(CN2C(=O)/C(=C\c3cc(C(=O)NCCN4CCCC4)c[nH]3)c3c(Cl)nc(N)nc32)c1C.COc1c(C)cnc(CN2C(=O)/C(=C\c3cc4c([nH]3)CCCC4=O)c3c(Cl)nc(N)nc32)c1C. The van der Waals surface area contributed by atoms with Crippen molar-refractivity contribution >= 4 is 198 Å². The fourth-order valence-electron chi connectivity index (χ4n) is 18.6. The van der Waals surface area contributed by atoms with E-state index >= 15 is 0 Å². The normalized spacial score (nSPS) is 15.6. The van der Waals surface area contributed by atoms with E-state index < -0.39 is 5.97 Å². The number of carbonyl (C=O) groups is 7. The van der Waals surface area contributed by atoms with Crippen LogP contribution in [0.25, 0.3) is 51.6 Å². The first kappa shape index (κ1) is 101. The number of ketones is 1. The van der Waals surface area contributed by atoms with Crippen LogP contribution in [0.3, 0.4) is 0 Å². The van der Waals surface area contributed by atoms with Gasteiger partial charge in [-0.05, 0) is 175 Å². The van der Waals surface area contributed by atoms with Gasteiger partial charge in [-0.3, -0.25) is 68.3 Å². The highest BCUT2D eigenvalue weighted by Crippen LogP contribution is 2.49. The smallest absolute Gasteiger partial charge is 0.339 e. The predicted octanol–water partition coefficient (Wildman–Crippen LogP) is 15.3. The highest BCUT2D eigenvalue weighted by Gasteiger charge is 2.44. The highest BCUT2D eigenvalue weighted by molar-refractivity contribution is 6.49. The zero-order chi connectivity index (χ0) is 102. The molecule has 1 fully saturated rings. The second kappa shape index (κ2) is 42.1. The van der Waals surface area contributed by atoms with Crippen molar-refractivity contribution in [1.29, 1.82) is 0 Å². The molecule has 17 heterocycles. The summed E-state index contributed by atoms with van der Waals surface area (Å²) in [7, 11) is 6.41. The number of Topliss-reactive ketones (excluding diaryl/α,β-unsaturated/α-hetero) is 1. The number of fused-ring (bicyclic) bond motifs is 6. The number of esters is 1. The lowest BCUT2D eigenvalue weighted by Crippen LogP contribution is -2.33. The molecule has 2 aliphatic carbocycles. The lowest BCUT2D eigenvalue weighted by atomic mass is 9.97. The largest absolute Gasteiger partial charge is 0.496 e. The van der Waals surface area contributed by atoms with Crippen LogP contribution in [0.15, 0.2) is 55.4 Å². The molecule has 0 atom stereocenters. The maximum absolute atomic E-state index is 13.8. The standard InChI is InChI=1S/C27H31ClN8O3.C25H24Cl2N6O2.C24H25ClN6O4.C24H23ClN6O3/c1-15-12-32-20(16(2)22(15)39-3)14-36-24-21(23(28)33-27(29)34-24)19(26(36)38)11-18-10-17(13-31-18)25(37)30-6-9-35-7-4-5-8-35;1-11-9-29-18(13(3)21(11)35-4)10-33-23-20(22(27)31-25(28)32-23)14(24(33)34)8-17-12(2)19-15(26)6-5-7-16(19)30-17;1-6-35-23(33)15-9-28-16(12(15)3)7-14-18-20(25)29-24(26)30-21(18)31(22(14)32)10-17-13(4)19(34-5)11(2)8-27-17;1-11-9-27-17(12(2)20(11)34-3)10-31-22-19(21(25)29-24(26)30-22)15(23(31)33)8-13-7-14-16(28-13)5-4-6-18(14)32/h10-13,31H,4-9,14H2,1-3H3,(H,30,37)(H2,29,33,34);6,8-9,30H,5,7,10H2,1-4H3,(H2,28,31,32);7-9,28H,6,10H2,1-5H3,(H2,26,29,30);7-9,28H,4-6,10H2,1-3H3,(H2,26,29,30)/b19-11-;14-8-;14-7-;15-8-. The minimum absolute atomic E-state index is 0.0117. The Morgan fingerprint density at radius 3 is 1.24 bits per heavy atom. The Morgan fingerprint density at radius 1 is 0.448 bits per heavy atom. The first-order valence-corrected chi connectivity index (χ1v) is 47.6. The summed E-state index contributed by atoms with van der Waals surface area (Å²) in [5.74, 6) is 2.18. The van der Waals surface area contributed by atoms with Gasteiger partial charge in [-0.25, -0.2) is 24.7 Å². The number of carbonyl (C=O) groups excluding carboxylic acids is 7. The second-order valence-corrected chi connectivity index (χ2v) is 36.7. The van der Waals surface area contributed by atoms with Crippen LogP contribution in [-0.2, 0) is 62.9 Å². The maximum Gasteiger partial charge on any atom is 0.339 e. The molecule has 38 nitrogen and oxygen atoms in total. The molecule has 143 heavy (non-hydrogen) atoms. The number of rotatable bonds is 22. The molecule has 7 aliphatic rings. The first-order chi connectivity index (χ1) is 68.4. The number of likely N-dealkylation sites (tertiary alicyclic amines) is 1. The number of ether oxygens (including phenoxy) is 5. The number of H-pyrrole nitrogens is 4. The van der Waals surface area contributed by atoms with E-state index in [-0.39, 0.29) is 129 Å². The van der Waals surface area contributed by atoms with Gasteiger partial charge in [-0.15, -0.1) is 0 Å². The zero-order valence-electron chi connectivity index (χ0n) is 81.0. The number of hydrogen-bond donors (Lipinski definition) is 9. The van der Waals surface area contributed by atoms with Crippen molar-refractivity contribution in [3.63, 3.8) is 0 Å². The molecule has 0 bridgehead atoms. The van der Waals surface area contributed by atoms with Crippen molar-refractivity contribution in [1.82, 2.24) is 90.0 Å². The lowest BCUT2D eigenvalue weighted by molar-refractivity contribution is -0.113. The van der Waals surface area contributed by atoms with E-state index in [0.717, 1.165) is 130 Å². The van der Waals surface area contributed by atoms with Gasteiger partial charge in [0.05, 0.1) is 140 Å². The molecule has 0 saturated carbocycles. The molecule has 740 valence electrons. The number of halogens is 5. The summed E-state index contributed by atoms with van der Waals surface area (Å²) < 4.78 is 27.2. The third-order valence-electron chi connectivity index (χ3n) is 25.8. The zero-order valence-corrected chi connectivity index (χ0v) is 84.8. The van der Waals surface area contributed by atoms with Gasteiger partial charge in [0.25, 0.3) is 29.5 Å². The Bertz CT molecular complexity index is 7410. The number of nitrogens with zero attached hydrogens (tertiary/aromatic N) is 17. The number of allylic oxidation sites excluding steroid dienone is 1. The van der Waals surface area contributed by atoms with Crippen LogP contribution < -0.4 is 66.8 Å². The molecule has 1 saturated heterocycles. The molecule has 0 unspecified atom stereocenters. The van der Waals surface area contributed by atoms with Crippen molar-refractivity contribution in [2.45, 2.75) is 147 Å². The van der Waals surface area contributed by atoms with Crippen molar-refractivity contribution in [2.24, 2.45) is 0 Å². The predicted molar refractivity (Wildman–Crippen MR) is 549 cm³/mol. The summed E-state index contributed by atoms with van der Waals surface area (Å²) in [4.78, 5) is 165. The van der Waals surface area contributed by atoms with E-state index in [9.17, 15) is 33.6 Å². The summed E-state index contributed by atoms with van der Waals surface area (Å²) in [6, 6.07) is 3.47. The van der Waals surface area contributed by atoms with Crippen LogP contribution >= 0.6 is 58.0 Å². The average molecular weight is 2040 g/mol. The number of aromatic amines is 4. The molecule has 13 N–H and O–H groups in total. The fraction of sp³-hybridized carbons (Fsp3) is 0.310. The van der Waals surface area contributed by atoms with Gasteiger partial charge in [0.1, 0.15) is 43.6 Å². The summed E-state index contributed by atoms with van der Waals surface area (Å²) in [6.45, 7) is 25.1. The molecule has 0 aromatic carbocycles. The summed E-state index contributed by atoms with van der Waals surface area (Å²) in [5.41, 5.74) is 44.5. The molecule has 5 aliphatic heterocycles. The van der Waals surface area contributed by atoms with Crippen LogP contribution in [-0.4, -0.2) is 187 Å². The lowest BCUT2D eigenvalue weighted by Gasteiger charge is -2.19. The molecule has 5 amide bonds. The van der Waals surface area contributed by atoms with Gasteiger partial charge in [-0.2, -0.15) is 19.9 Å². The Hall–Kier alpha value is -15.0. The van der Waals surface area contributed by atoms with Crippen LogP contribution in [0.1, 0.15) is 210 Å². The van der Waals surface area contributed by atoms with E-state index in [2.05, 4.69) is 90.0 Å². The maximum atomic E-state index is 13.8. The van der Waals surface area contributed by atoms with Crippen LogP contribution in [0.5, 0.6) is 23.0 Å². The Balaban J connectivity index is 0.000000137. The molecule has 43 heteroatoms. The third kappa shape index (κ3) is 20.0. The van der Waals surface area contributed by atoms with E-state index in [1.807, 2.05) is 68.4 Å². The Kier molecular flexibility index (Phi) is 29.7. The topological polar surface area (TPSA) is 516 Å².